The molecule has 1 fully saturated rings. The van der Waals surface area contributed by atoms with Crippen molar-refractivity contribution in [1.29, 1.82) is 0 Å². The standard InChI is InChI=1S/C7H16N4O4/c8-1-2-4(12)5(13)3(6(14)15-2)11-7(9)10/h2-6,12-14H,1,8H2,(H4,9,10,11)/t2-,3-,4+,5-,6?/m1/s1. The van der Waals surface area contributed by atoms with Crippen LogP contribution < -0.4 is 17.2 Å². The minimum absolute atomic E-state index is 0.0240. The molecule has 5 atom stereocenters. The van der Waals surface area contributed by atoms with E-state index in [1.54, 1.807) is 0 Å². The van der Waals surface area contributed by atoms with Gasteiger partial charge in [-0.2, -0.15) is 0 Å². The van der Waals surface area contributed by atoms with Gasteiger partial charge in [0, 0.05) is 6.54 Å². The molecular weight excluding hydrogens is 204 g/mol. The molecule has 0 aromatic carbocycles. The minimum atomic E-state index is -1.39. The third-order valence-electron chi connectivity index (χ3n) is 2.22. The van der Waals surface area contributed by atoms with E-state index in [4.69, 9.17) is 21.9 Å². The van der Waals surface area contributed by atoms with Crippen molar-refractivity contribution < 1.29 is 20.1 Å². The van der Waals surface area contributed by atoms with Crippen LogP contribution in [0.5, 0.6) is 0 Å². The summed E-state index contributed by atoms with van der Waals surface area (Å²) in [6, 6.07) is -1.10. The Morgan fingerprint density at radius 2 is 1.80 bits per heavy atom. The van der Waals surface area contributed by atoms with E-state index in [2.05, 4.69) is 4.99 Å². The first kappa shape index (κ1) is 12.1. The summed E-state index contributed by atoms with van der Waals surface area (Å²) in [5.41, 5.74) is 15.5. The van der Waals surface area contributed by atoms with E-state index in [9.17, 15) is 15.3 Å². The van der Waals surface area contributed by atoms with Gasteiger partial charge in [0.2, 0.25) is 0 Å². The van der Waals surface area contributed by atoms with Gasteiger partial charge in [0.15, 0.2) is 12.2 Å². The summed E-state index contributed by atoms with van der Waals surface area (Å²) in [6.45, 7) is -0.0240. The van der Waals surface area contributed by atoms with Crippen LogP contribution in [0.3, 0.4) is 0 Å². The second-order valence-electron chi connectivity index (χ2n) is 3.33. The highest BCUT2D eigenvalue weighted by molar-refractivity contribution is 5.75. The maximum atomic E-state index is 9.59. The number of rotatable bonds is 2. The highest BCUT2D eigenvalue weighted by Gasteiger charge is 2.43. The number of aliphatic hydroxyl groups excluding tert-OH is 3. The fourth-order valence-electron chi connectivity index (χ4n) is 1.44. The average Bonchev–Trinajstić information content (AvgIpc) is 2.18. The van der Waals surface area contributed by atoms with Crippen molar-refractivity contribution in [3.8, 4) is 0 Å². The normalized spacial score (nSPS) is 41.2. The van der Waals surface area contributed by atoms with Crippen LogP contribution in [0.25, 0.3) is 0 Å². The molecule has 1 rings (SSSR count). The lowest BCUT2D eigenvalue weighted by atomic mass is 9.97. The molecule has 0 amide bonds. The molecule has 0 saturated carbocycles. The molecule has 0 radical (unpaired) electrons. The van der Waals surface area contributed by atoms with E-state index in [0.717, 1.165) is 0 Å². The van der Waals surface area contributed by atoms with Crippen LogP contribution in [0.2, 0.25) is 0 Å². The Bertz CT molecular complexity index is 245. The molecule has 1 aliphatic heterocycles. The highest BCUT2D eigenvalue weighted by atomic mass is 16.6. The molecule has 1 heterocycles. The van der Waals surface area contributed by atoms with Crippen LogP contribution in [0, 0.1) is 0 Å². The van der Waals surface area contributed by atoms with Gasteiger partial charge < -0.3 is 37.3 Å². The molecule has 0 spiro atoms. The summed E-state index contributed by atoms with van der Waals surface area (Å²) in [5.74, 6) is -0.305. The molecule has 88 valence electrons. The molecule has 15 heavy (non-hydrogen) atoms. The molecule has 0 bridgehead atoms. The number of ether oxygens (including phenoxy) is 1. The molecule has 0 aromatic rings. The Kier molecular flexibility index (Phi) is 3.83. The van der Waals surface area contributed by atoms with Gasteiger partial charge in [-0.1, -0.05) is 0 Å². The van der Waals surface area contributed by atoms with E-state index >= 15 is 0 Å². The first-order chi connectivity index (χ1) is 6.97. The van der Waals surface area contributed by atoms with Gasteiger partial charge in [0.25, 0.3) is 0 Å². The SMILES string of the molecule is NC[C@H]1OC(O)[C@H](N=C(N)N)[C@@H](O)[C@H]1O. The highest BCUT2D eigenvalue weighted by Crippen LogP contribution is 2.21. The molecule has 0 aliphatic carbocycles. The minimum Gasteiger partial charge on any atom is -0.388 e. The van der Waals surface area contributed by atoms with Gasteiger partial charge in [-0.3, -0.25) is 0 Å². The lowest BCUT2D eigenvalue weighted by Gasteiger charge is -2.38. The number of guanidine groups is 1. The smallest absolute Gasteiger partial charge is 0.186 e. The molecular formula is C7H16N4O4. The summed E-state index contributed by atoms with van der Waals surface area (Å²) >= 11 is 0. The third kappa shape index (κ3) is 2.55. The van der Waals surface area contributed by atoms with Gasteiger partial charge in [-0.15, -0.1) is 0 Å². The van der Waals surface area contributed by atoms with Gasteiger partial charge in [0.1, 0.15) is 24.4 Å². The number of hydrogen-bond acceptors (Lipinski definition) is 6. The van der Waals surface area contributed by atoms with Crippen LogP contribution in [-0.4, -0.2) is 58.5 Å². The van der Waals surface area contributed by atoms with Gasteiger partial charge in [0.05, 0.1) is 0 Å². The monoisotopic (exact) mass is 220 g/mol. The summed E-state index contributed by atoms with van der Waals surface area (Å²) in [7, 11) is 0. The van der Waals surface area contributed by atoms with Crippen LogP contribution in [0.1, 0.15) is 0 Å². The third-order valence-corrected chi connectivity index (χ3v) is 2.22. The Balaban J connectivity index is 2.79. The van der Waals surface area contributed by atoms with Crippen molar-refractivity contribution >= 4 is 5.96 Å². The second kappa shape index (κ2) is 4.73. The van der Waals surface area contributed by atoms with Crippen LogP contribution in [0.15, 0.2) is 4.99 Å². The first-order valence-corrected chi connectivity index (χ1v) is 4.45. The maximum absolute atomic E-state index is 9.59. The van der Waals surface area contributed by atoms with Crippen molar-refractivity contribution in [3.05, 3.63) is 0 Å². The van der Waals surface area contributed by atoms with E-state index in [1.165, 1.54) is 0 Å². The van der Waals surface area contributed by atoms with Gasteiger partial charge in [-0.05, 0) is 0 Å². The zero-order chi connectivity index (χ0) is 11.6. The molecule has 8 nitrogen and oxygen atoms in total. The molecule has 8 heteroatoms. The largest absolute Gasteiger partial charge is 0.388 e. The summed E-state index contributed by atoms with van der Waals surface area (Å²) in [4.78, 5) is 3.56. The maximum Gasteiger partial charge on any atom is 0.186 e. The number of aliphatic hydroxyl groups is 3. The zero-order valence-corrected chi connectivity index (χ0v) is 8.02. The van der Waals surface area contributed by atoms with Crippen LogP contribution in [-0.2, 0) is 4.74 Å². The molecule has 1 aliphatic rings. The predicted molar refractivity (Wildman–Crippen MR) is 51.5 cm³/mol. The number of hydrogen-bond donors (Lipinski definition) is 6. The molecule has 0 aromatic heterocycles. The summed E-state index contributed by atoms with van der Waals surface area (Å²) < 4.78 is 4.93. The number of aliphatic imine (C=N–C) groups is 1. The van der Waals surface area contributed by atoms with Crippen molar-refractivity contribution in [2.45, 2.75) is 30.6 Å². The Morgan fingerprint density at radius 3 is 2.27 bits per heavy atom. The Labute approximate surface area is 86.3 Å². The van der Waals surface area contributed by atoms with Crippen LogP contribution >= 0.6 is 0 Å². The van der Waals surface area contributed by atoms with Crippen molar-refractivity contribution in [2.75, 3.05) is 6.54 Å². The number of nitrogens with zero attached hydrogens (tertiary/aromatic N) is 1. The van der Waals surface area contributed by atoms with E-state index < -0.39 is 30.6 Å². The molecule has 9 N–H and O–H groups in total. The van der Waals surface area contributed by atoms with Crippen LogP contribution in [0.4, 0.5) is 0 Å². The predicted octanol–water partition coefficient (Wildman–Crippen LogP) is -3.97. The topological polar surface area (TPSA) is 160 Å². The fourth-order valence-corrected chi connectivity index (χ4v) is 1.44. The average molecular weight is 220 g/mol. The Morgan fingerprint density at radius 1 is 1.20 bits per heavy atom. The lowest BCUT2D eigenvalue weighted by Crippen LogP contribution is -2.59. The summed E-state index contributed by atoms with van der Waals surface area (Å²) in [5, 5.41) is 28.6. The van der Waals surface area contributed by atoms with Crippen molar-refractivity contribution in [3.63, 3.8) is 0 Å². The Hall–Kier alpha value is -0.930. The van der Waals surface area contributed by atoms with E-state index in [1.807, 2.05) is 0 Å². The van der Waals surface area contributed by atoms with E-state index in [-0.39, 0.29) is 12.5 Å². The fraction of sp³-hybridized carbons (Fsp3) is 0.857. The quantitative estimate of drug-likeness (QED) is 0.204. The molecule has 1 saturated heterocycles. The lowest BCUT2D eigenvalue weighted by molar-refractivity contribution is -0.238. The van der Waals surface area contributed by atoms with Crippen molar-refractivity contribution in [2.24, 2.45) is 22.2 Å². The van der Waals surface area contributed by atoms with Gasteiger partial charge >= 0.3 is 0 Å². The second-order valence-corrected chi connectivity index (χ2v) is 3.33. The molecule has 1 unspecified atom stereocenters. The first-order valence-electron chi connectivity index (χ1n) is 4.45. The number of nitrogens with two attached hydrogens (primary N) is 3. The van der Waals surface area contributed by atoms with Crippen molar-refractivity contribution in [1.82, 2.24) is 0 Å². The zero-order valence-electron chi connectivity index (χ0n) is 8.02. The summed E-state index contributed by atoms with van der Waals surface area (Å²) in [6.07, 6.45) is -4.77. The van der Waals surface area contributed by atoms with Gasteiger partial charge in [-0.25, -0.2) is 4.99 Å². The van der Waals surface area contributed by atoms with E-state index in [0.29, 0.717) is 0 Å².